The Morgan fingerprint density at radius 3 is 2.41 bits per heavy atom. The smallest absolute Gasteiger partial charge is 0.328 e. The summed E-state index contributed by atoms with van der Waals surface area (Å²) in [6.45, 7) is 4.48. The third kappa shape index (κ3) is 7.43. The maximum atomic E-state index is 9.55. The monoisotopic (exact) mass is 455 g/mol. The van der Waals surface area contributed by atoms with Crippen LogP contribution in [0.15, 0.2) is 64.4 Å². The van der Waals surface area contributed by atoms with Gasteiger partial charge in [0.15, 0.2) is 0 Å². The van der Waals surface area contributed by atoms with E-state index in [-0.39, 0.29) is 0 Å². The van der Waals surface area contributed by atoms with Crippen molar-refractivity contribution < 1.29 is 24.5 Å². The number of aliphatic carboxylic acids is 2. The van der Waals surface area contributed by atoms with Crippen molar-refractivity contribution in [2.45, 2.75) is 48.5 Å². The van der Waals surface area contributed by atoms with Crippen molar-refractivity contribution in [3.05, 3.63) is 65.7 Å². The number of carbonyl (C=O) groups is 2. The van der Waals surface area contributed by atoms with E-state index in [1.807, 2.05) is 11.8 Å². The fourth-order valence-electron chi connectivity index (χ4n) is 3.79. The van der Waals surface area contributed by atoms with E-state index in [2.05, 4.69) is 47.4 Å². The van der Waals surface area contributed by atoms with Crippen LogP contribution in [0.1, 0.15) is 36.8 Å². The Balaban J connectivity index is 0.000000312. The van der Waals surface area contributed by atoms with Gasteiger partial charge in [0, 0.05) is 22.6 Å². The molecule has 1 fully saturated rings. The van der Waals surface area contributed by atoms with Gasteiger partial charge in [0.1, 0.15) is 12.4 Å². The summed E-state index contributed by atoms with van der Waals surface area (Å²) < 4.78 is 6.08. The first-order valence-corrected chi connectivity index (χ1v) is 11.7. The molecule has 0 atom stereocenters. The van der Waals surface area contributed by atoms with Crippen molar-refractivity contribution in [2.75, 3.05) is 19.6 Å². The largest absolute Gasteiger partial charge is 0.488 e. The molecule has 0 bridgehead atoms. The van der Waals surface area contributed by atoms with Crippen LogP contribution in [0.4, 0.5) is 0 Å². The molecule has 6 nitrogen and oxygen atoms in total. The van der Waals surface area contributed by atoms with Gasteiger partial charge in [-0.2, -0.15) is 0 Å². The SMILES string of the molecule is O=C(O)/C=C\C(=O)O.c1ccc2c(c1)COc1cccc(CCCN3CCCCC3)c1S2. The molecule has 2 N–H and O–H groups in total. The van der Waals surface area contributed by atoms with E-state index in [1.54, 1.807) is 0 Å². The Kier molecular flexibility index (Phi) is 9.19. The van der Waals surface area contributed by atoms with Crippen LogP contribution in [-0.2, 0) is 22.6 Å². The summed E-state index contributed by atoms with van der Waals surface area (Å²) in [4.78, 5) is 24.4. The zero-order valence-electron chi connectivity index (χ0n) is 18.0. The Morgan fingerprint density at radius 1 is 0.969 bits per heavy atom. The first-order chi connectivity index (χ1) is 15.5. The van der Waals surface area contributed by atoms with Gasteiger partial charge in [-0.15, -0.1) is 0 Å². The maximum absolute atomic E-state index is 9.55. The second-order valence-corrected chi connectivity index (χ2v) is 8.81. The number of fused-ring (bicyclic) bond motifs is 2. The average molecular weight is 456 g/mol. The number of benzene rings is 2. The van der Waals surface area contributed by atoms with E-state index in [0.29, 0.717) is 18.8 Å². The van der Waals surface area contributed by atoms with E-state index < -0.39 is 11.9 Å². The van der Waals surface area contributed by atoms with Crippen molar-refractivity contribution in [1.29, 1.82) is 0 Å². The van der Waals surface area contributed by atoms with Crippen molar-refractivity contribution in [2.24, 2.45) is 0 Å². The number of carboxylic acids is 2. The van der Waals surface area contributed by atoms with Gasteiger partial charge in [-0.1, -0.05) is 48.5 Å². The molecule has 4 rings (SSSR count). The van der Waals surface area contributed by atoms with Gasteiger partial charge in [0.05, 0.1) is 4.90 Å². The number of aryl methyl sites for hydroxylation is 1. The fraction of sp³-hybridized carbons (Fsp3) is 0.360. The van der Waals surface area contributed by atoms with Gasteiger partial charge in [-0.3, -0.25) is 0 Å². The molecule has 0 radical (unpaired) electrons. The molecule has 1 saturated heterocycles. The molecular formula is C25H29NO5S. The molecule has 32 heavy (non-hydrogen) atoms. The fourth-order valence-corrected chi connectivity index (χ4v) is 4.95. The van der Waals surface area contributed by atoms with Crippen LogP contribution in [0.5, 0.6) is 5.75 Å². The van der Waals surface area contributed by atoms with Crippen molar-refractivity contribution in [3.63, 3.8) is 0 Å². The number of likely N-dealkylation sites (tertiary alicyclic amines) is 1. The third-order valence-electron chi connectivity index (χ3n) is 5.37. The highest BCUT2D eigenvalue weighted by Crippen LogP contribution is 2.42. The Labute approximate surface area is 192 Å². The number of hydrogen-bond donors (Lipinski definition) is 2. The van der Waals surface area contributed by atoms with Crippen LogP contribution in [-0.4, -0.2) is 46.7 Å². The number of piperidine rings is 1. The summed E-state index contributed by atoms with van der Waals surface area (Å²) >= 11 is 1.88. The number of nitrogens with zero attached hydrogens (tertiary/aromatic N) is 1. The number of ether oxygens (including phenoxy) is 1. The molecule has 2 aliphatic rings. The van der Waals surface area contributed by atoms with Gasteiger partial charge >= 0.3 is 11.9 Å². The standard InChI is InChI=1S/C21H25NOS.C4H4O4/c1-4-13-22(14-5-1)15-7-10-17-9-6-11-19-21(17)24-20-12-3-2-8-18(20)16-23-19;5-3(6)1-2-4(7)8/h2-3,6,8-9,11-12H,1,4-5,7,10,13-16H2;1-2H,(H,5,6)(H,7,8)/b;2-1-. The highest BCUT2D eigenvalue weighted by Gasteiger charge is 2.18. The summed E-state index contributed by atoms with van der Waals surface area (Å²) in [6.07, 6.45) is 7.65. The first-order valence-electron chi connectivity index (χ1n) is 10.9. The van der Waals surface area contributed by atoms with Crippen LogP contribution in [0.3, 0.4) is 0 Å². The second-order valence-electron chi connectivity index (χ2n) is 7.76. The van der Waals surface area contributed by atoms with Gasteiger partial charge in [-0.25, -0.2) is 9.59 Å². The zero-order chi connectivity index (χ0) is 22.8. The van der Waals surface area contributed by atoms with Crippen LogP contribution < -0.4 is 4.74 Å². The second kappa shape index (κ2) is 12.3. The number of carboxylic acid groups (broad SMARTS) is 2. The molecule has 2 aromatic carbocycles. The van der Waals surface area contributed by atoms with Gasteiger partial charge in [0.2, 0.25) is 0 Å². The molecule has 0 aliphatic carbocycles. The van der Waals surface area contributed by atoms with Crippen LogP contribution >= 0.6 is 11.8 Å². The van der Waals surface area contributed by atoms with Crippen molar-refractivity contribution in [3.8, 4) is 5.75 Å². The molecule has 2 aromatic rings. The Bertz CT molecular complexity index is 937. The quantitative estimate of drug-likeness (QED) is 0.602. The molecule has 170 valence electrons. The summed E-state index contributed by atoms with van der Waals surface area (Å²) in [6, 6.07) is 15.1. The summed E-state index contributed by atoms with van der Waals surface area (Å²) in [5, 5.41) is 15.6. The molecule has 0 spiro atoms. The average Bonchev–Trinajstić information content (AvgIpc) is 2.99. The maximum Gasteiger partial charge on any atom is 0.328 e. The predicted molar refractivity (Wildman–Crippen MR) is 124 cm³/mol. The first kappa shape index (κ1) is 23.9. The summed E-state index contributed by atoms with van der Waals surface area (Å²) in [7, 11) is 0. The third-order valence-corrected chi connectivity index (χ3v) is 6.65. The lowest BCUT2D eigenvalue weighted by Crippen LogP contribution is -2.30. The zero-order valence-corrected chi connectivity index (χ0v) is 18.9. The van der Waals surface area contributed by atoms with Gasteiger partial charge in [-0.05, 0) is 63.0 Å². The molecule has 2 heterocycles. The number of hydrogen-bond acceptors (Lipinski definition) is 5. The highest BCUT2D eigenvalue weighted by atomic mass is 32.2. The van der Waals surface area contributed by atoms with Crippen molar-refractivity contribution in [1.82, 2.24) is 4.90 Å². The van der Waals surface area contributed by atoms with Crippen LogP contribution in [0.25, 0.3) is 0 Å². The Morgan fingerprint density at radius 2 is 1.69 bits per heavy atom. The van der Waals surface area contributed by atoms with E-state index in [9.17, 15) is 9.59 Å². The highest BCUT2D eigenvalue weighted by molar-refractivity contribution is 7.99. The van der Waals surface area contributed by atoms with E-state index >= 15 is 0 Å². The van der Waals surface area contributed by atoms with Gasteiger partial charge in [0.25, 0.3) is 0 Å². The number of rotatable bonds is 6. The minimum Gasteiger partial charge on any atom is -0.488 e. The minimum atomic E-state index is -1.26. The Hall–Kier alpha value is -2.77. The van der Waals surface area contributed by atoms with E-state index in [0.717, 1.165) is 12.2 Å². The molecule has 0 saturated carbocycles. The van der Waals surface area contributed by atoms with Crippen LogP contribution in [0.2, 0.25) is 0 Å². The molecule has 0 amide bonds. The lowest BCUT2D eigenvalue weighted by atomic mass is 10.1. The molecule has 2 aliphatic heterocycles. The topological polar surface area (TPSA) is 87.1 Å². The lowest BCUT2D eigenvalue weighted by Gasteiger charge is -2.26. The minimum absolute atomic E-state index is 0.558. The summed E-state index contributed by atoms with van der Waals surface area (Å²) in [5.74, 6) is -1.47. The summed E-state index contributed by atoms with van der Waals surface area (Å²) in [5.41, 5.74) is 2.73. The van der Waals surface area contributed by atoms with E-state index in [1.165, 1.54) is 66.2 Å². The predicted octanol–water partition coefficient (Wildman–Crippen LogP) is 4.86. The lowest BCUT2D eigenvalue weighted by molar-refractivity contribution is -0.134. The molecule has 0 aromatic heterocycles. The van der Waals surface area contributed by atoms with Gasteiger partial charge < -0.3 is 19.8 Å². The van der Waals surface area contributed by atoms with E-state index in [4.69, 9.17) is 14.9 Å². The van der Waals surface area contributed by atoms with Crippen LogP contribution in [0, 0.1) is 0 Å². The van der Waals surface area contributed by atoms with Crippen molar-refractivity contribution >= 4 is 23.7 Å². The molecule has 7 heteroatoms. The normalized spacial score (nSPS) is 15.5. The molecular weight excluding hydrogens is 426 g/mol. The molecule has 0 unspecified atom stereocenters.